The quantitative estimate of drug-likeness (QED) is 0.339. The van der Waals surface area contributed by atoms with Crippen LogP contribution in [0, 0.1) is 11.6 Å². The zero-order valence-electron chi connectivity index (χ0n) is 13.6. The molecule has 0 amide bonds. The Morgan fingerprint density at radius 1 is 1.38 bits per heavy atom. The normalized spacial score (nSPS) is 20.6. The number of guanidine groups is 1. The number of aliphatic imine (C=N–C) groups is 1. The summed E-state index contributed by atoms with van der Waals surface area (Å²) in [6, 6.07) is 3.45. The fourth-order valence-electron chi connectivity index (χ4n) is 2.34. The SMILES string of the molecule is CCNC(=NCC1(O)CCSC1)NCCc1cc(F)ccc1F.I. The minimum atomic E-state index is -0.734. The van der Waals surface area contributed by atoms with Crippen LogP contribution < -0.4 is 10.6 Å². The van der Waals surface area contributed by atoms with Crippen LogP contribution in [0.4, 0.5) is 8.78 Å². The van der Waals surface area contributed by atoms with Crippen LogP contribution in [0.3, 0.4) is 0 Å². The van der Waals surface area contributed by atoms with Gasteiger partial charge in [0.1, 0.15) is 11.6 Å². The molecule has 4 nitrogen and oxygen atoms in total. The van der Waals surface area contributed by atoms with Crippen molar-refractivity contribution >= 4 is 41.7 Å². The Kier molecular flexibility index (Phi) is 9.28. The van der Waals surface area contributed by atoms with Crippen LogP contribution >= 0.6 is 35.7 Å². The second-order valence-electron chi connectivity index (χ2n) is 5.63. The largest absolute Gasteiger partial charge is 0.387 e. The average Bonchev–Trinajstić information content (AvgIpc) is 2.95. The van der Waals surface area contributed by atoms with Crippen molar-refractivity contribution in [3.8, 4) is 0 Å². The summed E-state index contributed by atoms with van der Waals surface area (Å²) < 4.78 is 26.7. The molecule has 136 valence electrons. The monoisotopic (exact) mass is 471 g/mol. The van der Waals surface area contributed by atoms with E-state index in [1.165, 1.54) is 6.07 Å². The molecular weight excluding hydrogens is 447 g/mol. The highest BCUT2D eigenvalue weighted by molar-refractivity contribution is 14.0. The van der Waals surface area contributed by atoms with Crippen molar-refractivity contribution in [2.75, 3.05) is 31.1 Å². The molecule has 0 aliphatic carbocycles. The van der Waals surface area contributed by atoms with Crippen molar-refractivity contribution in [1.82, 2.24) is 10.6 Å². The van der Waals surface area contributed by atoms with Crippen molar-refractivity contribution in [2.45, 2.75) is 25.4 Å². The number of hydrogen-bond donors (Lipinski definition) is 3. The van der Waals surface area contributed by atoms with Gasteiger partial charge < -0.3 is 15.7 Å². The summed E-state index contributed by atoms with van der Waals surface area (Å²) in [7, 11) is 0. The Balaban J connectivity index is 0.00000288. The molecule has 1 aliphatic heterocycles. The molecule has 1 fully saturated rings. The van der Waals surface area contributed by atoms with Crippen LogP contribution in [-0.4, -0.2) is 47.8 Å². The molecule has 0 aromatic heterocycles. The number of thioether (sulfide) groups is 1. The van der Waals surface area contributed by atoms with Gasteiger partial charge in [-0.05, 0) is 49.3 Å². The summed E-state index contributed by atoms with van der Waals surface area (Å²) in [4.78, 5) is 4.40. The predicted molar refractivity (Wildman–Crippen MR) is 106 cm³/mol. The fourth-order valence-corrected chi connectivity index (χ4v) is 3.62. The van der Waals surface area contributed by atoms with Gasteiger partial charge in [0.15, 0.2) is 5.96 Å². The maximum Gasteiger partial charge on any atom is 0.191 e. The minimum Gasteiger partial charge on any atom is -0.387 e. The van der Waals surface area contributed by atoms with Crippen LogP contribution in [0.1, 0.15) is 18.9 Å². The van der Waals surface area contributed by atoms with Crippen molar-refractivity contribution in [3.05, 3.63) is 35.4 Å². The lowest BCUT2D eigenvalue weighted by Gasteiger charge is -2.19. The molecular formula is C16H24F2IN3OS. The summed E-state index contributed by atoms with van der Waals surface area (Å²) in [5.74, 6) is 1.38. The van der Waals surface area contributed by atoms with Crippen LogP contribution in [0.15, 0.2) is 23.2 Å². The lowest BCUT2D eigenvalue weighted by Crippen LogP contribution is -2.41. The van der Waals surface area contributed by atoms with Gasteiger partial charge in [-0.3, -0.25) is 4.99 Å². The second-order valence-corrected chi connectivity index (χ2v) is 6.74. The molecule has 0 bridgehead atoms. The van der Waals surface area contributed by atoms with Gasteiger partial charge in [-0.1, -0.05) is 0 Å². The van der Waals surface area contributed by atoms with E-state index in [4.69, 9.17) is 0 Å². The second kappa shape index (κ2) is 10.4. The van der Waals surface area contributed by atoms with E-state index in [0.717, 1.165) is 24.3 Å². The molecule has 1 aliphatic rings. The number of aliphatic hydroxyl groups is 1. The number of nitrogens with one attached hydrogen (secondary N) is 2. The molecule has 1 heterocycles. The average molecular weight is 471 g/mol. The molecule has 1 saturated heterocycles. The van der Waals surface area contributed by atoms with Crippen LogP contribution in [0.25, 0.3) is 0 Å². The topological polar surface area (TPSA) is 56.7 Å². The summed E-state index contributed by atoms with van der Waals surface area (Å²) in [5.41, 5.74) is -0.402. The third kappa shape index (κ3) is 6.72. The first kappa shape index (κ1) is 21.4. The van der Waals surface area contributed by atoms with E-state index in [9.17, 15) is 13.9 Å². The zero-order valence-corrected chi connectivity index (χ0v) is 16.8. The van der Waals surface area contributed by atoms with Crippen molar-refractivity contribution < 1.29 is 13.9 Å². The Hall–Kier alpha value is -0.610. The predicted octanol–water partition coefficient (Wildman–Crippen LogP) is 2.55. The highest BCUT2D eigenvalue weighted by Gasteiger charge is 2.31. The van der Waals surface area contributed by atoms with Crippen LogP contribution in [0.2, 0.25) is 0 Å². The first-order chi connectivity index (χ1) is 11.0. The maximum absolute atomic E-state index is 13.6. The number of nitrogens with zero attached hydrogens (tertiary/aromatic N) is 1. The smallest absolute Gasteiger partial charge is 0.191 e. The van der Waals surface area contributed by atoms with Gasteiger partial charge in [0, 0.05) is 18.8 Å². The Bertz CT molecular complexity index is 554. The van der Waals surface area contributed by atoms with Gasteiger partial charge in [-0.2, -0.15) is 11.8 Å². The van der Waals surface area contributed by atoms with E-state index in [1.54, 1.807) is 11.8 Å². The molecule has 1 atom stereocenters. The van der Waals surface area contributed by atoms with Crippen LogP contribution in [0.5, 0.6) is 0 Å². The zero-order chi connectivity index (χ0) is 16.7. The Morgan fingerprint density at radius 3 is 2.83 bits per heavy atom. The van der Waals surface area contributed by atoms with Gasteiger partial charge in [0.2, 0.25) is 0 Å². The third-order valence-corrected chi connectivity index (χ3v) is 4.89. The van der Waals surface area contributed by atoms with Gasteiger partial charge in [-0.25, -0.2) is 8.78 Å². The van der Waals surface area contributed by atoms with Crippen molar-refractivity contribution in [2.24, 2.45) is 4.99 Å². The molecule has 0 radical (unpaired) electrons. The van der Waals surface area contributed by atoms with E-state index in [-0.39, 0.29) is 24.0 Å². The lowest BCUT2D eigenvalue weighted by molar-refractivity contribution is 0.0778. The summed E-state index contributed by atoms with van der Waals surface area (Å²) >= 11 is 1.73. The summed E-state index contributed by atoms with van der Waals surface area (Å²) in [6.45, 7) is 3.40. The molecule has 1 unspecified atom stereocenters. The van der Waals surface area contributed by atoms with E-state index in [0.29, 0.717) is 43.3 Å². The standard InChI is InChI=1S/C16H23F2N3OS.HI/c1-2-19-15(21-10-16(22)6-8-23-11-16)20-7-5-12-9-13(17)3-4-14(12)18;/h3-4,9,22H,2,5-8,10-11H2,1H3,(H2,19,20,21);1H. The van der Waals surface area contributed by atoms with E-state index >= 15 is 0 Å². The van der Waals surface area contributed by atoms with E-state index in [1.807, 2.05) is 6.92 Å². The first-order valence-electron chi connectivity index (χ1n) is 7.79. The molecule has 2 rings (SSSR count). The first-order valence-corrected chi connectivity index (χ1v) is 8.94. The number of benzene rings is 1. The molecule has 1 aromatic carbocycles. The number of hydrogen-bond acceptors (Lipinski definition) is 3. The Labute approximate surface area is 162 Å². The Morgan fingerprint density at radius 2 is 2.17 bits per heavy atom. The molecule has 24 heavy (non-hydrogen) atoms. The number of halogens is 3. The van der Waals surface area contributed by atoms with E-state index in [2.05, 4.69) is 15.6 Å². The lowest BCUT2D eigenvalue weighted by atomic mass is 10.1. The highest BCUT2D eigenvalue weighted by atomic mass is 127. The van der Waals surface area contributed by atoms with Crippen molar-refractivity contribution in [3.63, 3.8) is 0 Å². The molecule has 1 aromatic rings. The molecule has 3 N–H and O–H groups in total. The highest BCUT2D eigenvalue weighted by Crippen LogP contribution is 2.27. The van der Waals surface area contributed by atoms with Gasteiger partial charge in [0.05, 0.1) is 12.1 Å². The van der Waals surface area contributed by atoms with Gasteiger partial charge in [0.25, 0.3) is 0 Å². The fraction of sp³-hybridized carbons (Fsp3) is 0.562. The minimum absolute atomic E-state index is 0. The maximum atomic E-state index is 13.6. The van der Waals surface area contributed by atoms with Gasteiger partial charge in [-0.15, -0.1) is 24.0 Å². The van der Waals surface area contributed by atoms with Crippen molar-refractivity contribution in [1.29, 1.82) is 0 Å². The van der Waals surface area contributed by atoms with Crippen LogP contribution in [-0.2, 0) is 6.42 Å². The number of rotatable bonds is 6. The molecule has 8 heteroatoms. The van der Waals surface area contributed by atoms with E-state index < -0.39 is 17.2 Å². The van der Waals surface area contributed by atoms with Gasteiger partial charge >= 0.3 is 0 Å². The molecule has 0 spiro atoms. The third-order valence-electron chi connectivity index (χ3n) is 3.65. The molecule has 0 saturated carbocycles. The summed E-state index contributed by atoms with van der Waals surface area (Å²) in [5, 5.41) is 16.5. The summed E-state index contributed by atoms with van der Waals surface area (Å²) in [6.07, 6.45) is 1.10.